The zero-order chi connectivity index (χ0) is 14.0. The topological polar surface area (TPSA) is 23.6 Å². The maximum Gasteiger partial charge on any atom is 0.182 e. The molecule has 0 N–H and O–H groups in total. The Labute approximate surface area is 109 Å². The van der Waals surface area contributed by atoms with Crippen molar-refractivity contribution in [1.82, 2.24) is 9.80 Å². The van der Waals surface area contributed by atoms with E-state index in [9.17, 15) is 18.0 Å². The van der Waals surface area contributed by atoms with Crippen LogP contribution in [0.3, 0.4) is 0 Å². The summed E-state index contributed by atoms with van der Waals surface area (Å²) in [4.78, 5) is 15.8. The number of hydrogen-bond acceptors (Lipinski definition) is 3. The third-order valence-electron chi connectivity index (χ3n) is 3.29. The molecule has 0 aromatic heterocycles. The van der Waals surface area contributed by atoms with Gasteiger partial charge in [0.15, 0.2) is 17.4 Å². The van der Waals surface area contributed by atoms with Gasteiger partial charge in [0, 0.05) is 26.2 Å². The molecule has 0 radical (unpaired) electrons. The predicted molar refractivity (Wildman–Crippen MR) is 64.6 cm³/mol. The highest BCUT2D eigenvalue weighted by molar-refractivity contribution is 5.98. The number of nitrogens with zero attached hydrogens (tertiary/aromatic N) is 2. The van der Waals surface area contributed by atoms with Crippen molar-refractivity contribution in [3.8, 4) is 0 Å². The molecule has 1 saturated heterocycles. The SMILES string of the molecule is CN1CCN(CC(=O)c2c(F)ccc(F)c2F)CC1. The number of carbonyl (C=O) groups excluding carboxylic acids is 1. The number of halogens is 3. The summed E-state index contributed by atoms with van der Waals surface area (Å²) >= 11 is 0. The highest BCUT2D eigenvalue weighted by Gasteiger charge is 2.23. The molecule has 0 aliphatic carbocycles. The number of rotatable bonds is 3. The monoisotopic (exact) mass is 272 g/mol. The normalized spacial score (nSPS) is 17.7. The Balaban J connectivity index is 2.10. The molecule has 0 unspecified atom stereocenters. The quantitative estimate of drug-likeness (QED) is 0.616. The maximum absolute atomic E-state index is 13.5. The average molecular weight is 272 g/mol. The maximum atomic E-state index is 13.5. The molecule has 19 heavy (non-hydrogen) atoms. The van der Waals surface area contributed by atoms with Crippen molar-refractivity contribution in [2.24, 2.45) is 0 Å². The molecule has 0 amide bonds. The molecule has 2 rings (SSSR count). The minimum Gasteiger partial charge on any atom is -0.304 e. The van der Waals surface area contributed by atoms with Crippen molar-refractivity contribution in [3.05, 3.63) is 35.1 Å². The minimum absolute atomic E-state index is 0.0921. The number of piperazine rings is 1. The Morgan fingerprint density at radius 2 is 1.68 bits per heavy atom. The second kappa shape index (κ2) is 5.71. The molecule has 0 atom stereocenters. The first kappa shape index (κ1) is 14.0. The smallest absolute Gasteiger partial charge is 0.182 e. The standard InChI is InChI=1S/C13H15F3N2O/c1-17-4-6-18(7-5-17)8-11(19)12-9(14)2-3-10(15)13(12)16/h2-3H,4-8H2,1H3. The van der Waals surface area contributed by atoms with E-state index in [4.69, 9.17) is 0 Å². The van der Waals surface area contributed by atoms with E-state index in [-0.39, 0.29) is 6.54 Å². The van der Waals surface area contributed by atoms with Gasteiger partial charge in [-0.2, -0.15) is 0 Å². The molecule has 1 aliphatic rings. The Bertz CT molecular complexity index is 485. The molecule has 0 saturated carbocycles. The average Bonchev–Trinajstić information content (AvgIpc) is 2.37. The molecule has 0 bridgehead atoms. The van der Waals surface area contributed by atoms with Gasteiger partial charge in [0.05, 0.1) is 12.1 Å². The summed E-state index contributed by atoms with van der Waals surface area (Å²) in [6.45, 7) is 2.80. The Morgan fingerprint density at radius 1 is 1.11 bits per heavy atom. The van der Waals surface area contributed by atoms with Gasteiger partial charge >= 0.3 is 0 Å². The van der Waals surface area contributed by atoms with Gasteiger partial charge in [-0.1, -0.05) is 0 Å². The first-order valence-corrected chi connectivity index (χ1v) is 6.06. The van der Waals surface area contributed by atoms with Gasteiger partial charge in [-0.3, -0.25) is 9.69 Å². The highest BCUT2D eigenvalue weighted by Crippen LogP contribution is 2.17. The van der Waals surface area contributed by atoms with E-state index in [2.05, 4.69) is 4.90 Å². The van der Waals surface area contributed by atoms with E-state index >= 15 is 0 Å². The van der Waals surface area contributed by atoms with Gasteiger partial charge in [-0.15, -0.1) is 0 Å². The molecule has 3 nitrogen and oxygen atoms in total. The molecule has 104 valence electrons. The Morgan fingerprint density at radius 3 is 2.32 bits per heavy atom. The van der Waals surface area contributed by atoms with Gasteiger partial charge in [0.1, 0.15) is 5.82 Å². The summed E-state index contributed by atoms with van der Waals surface area (Å²) in [5, 5.41) is 0. The first-order chi connectivity index (χ1) is 8.99. The zero-order valence-corrected chi connectivity index (χ0v) is 10.6. The van der Waals surface area contributed by atoms with Gasteiger partial charge in [-0.25, -0.2) is 13.2 Å². The van der Waals surface area contributed by atoms with E-state index in [1.165, 1.54) is 0 Å². The van der Waals surface area contributed by atoms with E-state index in [0.717, 1.165) is 19.2 Å². The van der Waals surface area contributed by atoms with Crippen molar-refractivity contribution in [1.29, 1.82) is 0 Å². The summed E-state index contributed by atoms with van der Waals surface area (Å²) < 4.78 is 39.9. The number of carbonyl (C=O) groups is 1. The minimum atomic E-state index is -1.40. The molecule has 1 heterocycles. The van der Waals surface area contributed by atoms with Crippen molar-refractivity contribution >= 4 is 5.78 Å². The molecule has 0 spiro atoms. The van der Waals surface area contributed by atoms with Crippen LogP contribution in [0.4, 0.5) is 13.2 Å². The number of benzene rings is 1. The van der Waals surface area contributed by atoms with Crippen molar-refractivity contribution < 1.29 is 18.0 Å². The van der Waals surface area contributed by atoms with E-state index in [0.29, 0.717) is 19.2 Å². The van der Waals surface area contributed by atoms with Crippen molar-refractivity contribution in [3.63, 3.8) is 0 Å². The van der Waals surface area contributed by atoms with Crippen LogP contribution in [0.2, 0.25) is 0 Å². The van der Waals surface area contributed by atoms with Crippen LogP contribution >= 0.6 is 0 Å². The third-order valence-corrected chi connectivity index (χ3v) is 3.29. The van der Waals surface area contributed by atoms with Crippen molar-refractivity contribution in [2.75, 3.05) is 39.8 Å². The second-order valence-corrected chi connectivity index (χ2v) is 4.72. The molecule has 1 aromatic rings. The van der Waals surface area contributed by atoms with Crippen LogP contribution in [-0.2, 0) is 0 Å². The van der Waals surface area contributed by atoms with E-state index in [1.807, 2.05) is 11.9 Å². The Hall–Kier alpha value is -1.40. The zero-order valence-electron chi connectivity index (χ0n) is 10.6. The van der Waals surface area contributed by atoms with Gasteiger partial charge < -0.3 is 4.90 Å². The lowest BCUT2D eigenvalue weighted by Gasteiger charge is -2.31. The van der Waals surface area contributed by atoms with Gasteiger partial charge in [-0.05, 0) is 19.2 Å². The van der Waals surface area contributed by atoms with Crippen molar-refractivity contribution in [2.45, 2.75) is 0 Å². The summed E-state index contributed by atoms with van der Waals surface area (Å²) in [6, 6.07) is 1.45. The molecule has 1 fully saturated rings. The molecule has 1 aromatic carbocycles. The largest absolute Gasteiger partial charge is 0.304 e. The number of hydrogen-bond donors (Lipinski definition) is 0. The van der Waals surface area contributed by atoms with Crippen LogP contribution in [0.1, 0.15) is 10.4 Å². The number of Topliss-reactive ketones (excluding diaryl/α,β-unsaturated/α-hetero) is 1. The molecule has 1 aliphatic heterocycles. The number of likely N-dealkylation sites (N-methyl/N-ethyl adjacent to an activating group) is 1. The predicted octanol–water partition coefficient (Wildman–Crippen LogP) is 1.53. The van der Waals surface area contributed by atoms with E-state index in [1.54, 1.807) is 0 Å². The molecular formula is C13H15F3N2O. The third kappa shape index (κ3) is 3.13. The summed E-state index contributed by atoms with van der Waals surface area (Å²) in [6.07, 6.45) is 0. The summed E-state index contributed by atoms with van der Waals surface area (Å²) in [7, 11) is 1.96. The van der Waals surface area contributed by atoms with Gasteiger partial charge in [0.2, 0.25) is 0 Å². The molecule has 6 heteroatoms. The van der Waals surface area contributed by atoms with Gasteiger partial charge in [0.25, 0.3) is 0 Å². The summed E-state index contributed by atoms with van der Waals surface area (Å²) in [5.41, 5.74) is -0.779. The fourth-order valence-corrected chi connectivity index (χ4v) is 2.07. The lowest BCUT2D eigenvalue weighted by atomic mass is 10.1. The van der Waals surface area contributed by atoms with Crippen LogP contribution in [0.15, 0.2) is 12.1 Å². The first-order valence-electron chi connectivity index (χ1n) is 6.06. The fourth-order valence-electron chi connectivity index (χ4n) is 2.07. The second-order valence-electron chi connectivity index (χ2n) is 4.72. The van der Waals surface area contributed by atoms with Crippen LogP contribution in [-0.4, -0.2) is 55.4 Å². The number of ketones is 1. The summed E-state index contributed by atoms with van der Waals surface area (Å²) in [5.74, 6) is -4.35. The molecular weight excluding hydrogens is 257 g/mol. The lowest BCUT2D eigenvalue weighted by molar-refractivity contribution is 0.0867. The van der Waals surface area contributed by atoms with Crippen LogP contribution in [0.5, 0.6) is 0 Å². The lowest BCUT2D eigenvalue weighted by Crippen LogP contribution is -2.46. The van der Waals surface area contributed by atoms with Crippen LogP contribution < -0.4 is 0 Å². The van der Waals surface area contributed by atoms with E-state index < -0.39 is 28.8 Å². The van der Waals surface area contributed by atoms with Crippen LogP contribution in [0, 0.1) is 17.5 Å². The highest BCUT2D eigenvalue weighted by atomic mass is 19.2. The fraction of sp³-hybridized carbons (Fsp3) is 0.462. The van der Waals surface area contributed by atoms with Crippen LogP contribution in [0.25, 0.3) is 0 Å². The Kier molecular flexibility index (Phi) is 4.21.